The Morgan fingerprint density at radius 3 is 2.28 bits per heavy atom. The fourth-order valence-corrected chi connectivity index (χ4v) is 3.92. The third-order valence-electron chi connectivity index (χ3n) is 5.85. The van der Waals surface area contributed by atoms with Crippen LogP contribution in [0.25, 0.3) is 0 Å². The largest absolute Gasteiger partial charge is 0.378 e. The number of benzene rings is 3. The Morgan fingerprint density at radius 1 is 0.917 bits per heavy atom. The molecule has 0 saturated carbocycles. The molecule has 3 aromatic carbocycles. The second-order valence-electron chi connectivity index (χ2n) is 8.57. The SMILES string of the molecule is CN(C)c1ccc(NC(=O)CN(Cc2ccccc2F)C(=O)CN2C(=O)C(=O)c3ccccc32)cc1. The molecule has 0 atom stereocenters. The van der Waals surface area contributed by atoms with E-state index in [1.807, 2.05) is 31.1 Å². The molecule has 0 radical (unpaired) electrons. The van der Waals surface area contributed by atoms with Gasteiger partial charge in [-0.25, -0.2) is 4.39 Å². The van der Waals surface area contributed by atoms with Gasteiger partial charge in [0.2, 0.25) is 11.8 Å². The van der Waals surface area contributed by atoms with Crippen LogP contribution in [-0.4, -0.2) is 55.6 Å². The van der Waals surface area contributed by atoms with Crippen LogP contribution in [-0.2, 0) is 20.9 Å². The van der Waals surface area contributed by atoms with E-state index in [1.54, 1.807) is 36.4 Å². The van der Waals surface area contributed by atoms with E-state index in [-0.39, 0.29) is 24.2 Å². The van der Waals surface area contributed by atoms with E-state index in [9.17, 15) is 23.6 Å². The van der Waals surface area contributed by atoms with E-state index < -0.39 is 35.9 Å². The van der Waals surface area contributed by atoms with Gasteiger partial charge in [-0.2, -0.15) is 0 Å². The Bertz CT molecular complexity index is 1320. The van der Waals surface area contributed by atoms with Crippen molar-refractivity contribution in [3.8, 4) is 0 Å². The topological polar surface area (TPSA) is 90.0 Å². The Balaban J connectivity index is 1.53. The third kappa shape index (κ3) is 5.25. The number of hydrogen-bond acceptors (Lipinski definition) is 5. The van der Waals surface area contributed by atoms with Crippen molar-refractivity contribution in [3.05, 3.63) is 89.7 Å². The summed E-state index contributed by atoms with van der Waals surface area (Å²) in [6.45, 7) is -1.02. The molecule has 0 saturated heterocycles. The average Bonchev–Trinajstić information content (AvgIpc) is 3.10. The molecule has 4 rings (SSSR count). The summed E-state index contributed by atoms with van der Waals surface area (Å²) in [6.07, 6.45) is 0. The van der Waals surface area contributed by atoms with Gasteiger partial charge in [0.1, 0.15) is 18.9 Å². The first kappa shape index (κ1) is 24.6. The molecule has 3 aromatic rings. The molecular formula is C27H25FN4O4. The van der Waals surface area contributed by atoms with Crippen LogP contribution in [0, 0.1) is 5.82 Å². The number of Topliss-reactive ketones (excluding diaryl/α,β-unsaturated/α-hetero) is 1. The molecule has 9 heteroatoms. The third-order valence-corrected chi connectivity index (χ3v) is 5.85. The second-order valence-corrected chi connectivity index (χ2v) is 8.57. The summed E-state index contributed by atoms with van der Waals surface area (Å²) in [5.41, 5.74) is 2.26. The zero-order valence-electron chi connectivity index (χ0n) is 19.9. The minimum atomic E-state index is -0.819. The number of hydrogen-bond donors (Lipinski definition) is 1. The van der Waals surface area contributed by atoms with Crippen molar-refractivity contribution in [3.63, 3.8) is 0 Å². The van der Waals surface area contributed by atoms with Crippen molar-refractivity contribution in [2.45, 2.75) is 6.54 Å². The number of anilines is 3. The number of carbonyl (C=O) groups is 4. The highest BCUT2D eigenvalue weighted by molar-refractivity contribution is 6.52. The molecule has 0 aliphatic carbocycles. The maximum Gasteiger partial charge on any atom is 0.299 e. The van der Waals surface area contributed by atoms with Crippen molar-refractivity contribution in [1.29, 1.82) is 0 Å². The van der Waals surface area contributed by atoms with Gasteiger partial charge in [0.05, 0.1) is 11.3 Å². The highest BCUT2D eigenvalue weighted by atomic mass is 19.1. The zero-order chi connectivity index (χ0) is 25.8. The first-order valence-corrected chi connectivity index (χ1v) is 11.3. The number of rotatable bonds is 8. The molecule has 8 nitrogen and oxygen atoms in total. The molecule has 1 N–H and O–H groups in total. The first-order valence-electron chi connectivity index (χ1n) is 11.3. The normalized spacial score (nSPS) is 12.4. The Morgan fingerprint density at radius 2 is 1.58 bits per heavy atom. The Labute approximate surface area is 207 Å². The van der Waals surface area contributed by atoms with Gasteiger partial charge in [-0.1, -0.05) is 30.3 Å². The highest BCUT2D eigenvalue weighted by Crippen LogP contribution is 2.28. The summed E-state index contributed by atoms with van der Waals surface area (Å²) in [7, 11) is 3.80. The fraction of sp³-hybridized carbons (Fsp3) is 0.185. The maximum absolute atomic E-state index is 14.4. The molecule has 0 fully saturated rings. The van der Waals surface area contributed by atoms with Crippen LogP contribution in [0.2, 0.25) is 0 Å². The highest BCUT2D eigenvalue weighted by Gasteiger charge is 2.37. The minimum Gasteiger partial charge on any atom is -0.378 e. The van der Waals surface area contributed by atoms with Gasteiger partial charge >= 0.3 is 0 Å². The van der Waals surface area contributed by atoms with Gasteiger partial charge < -0.3 is 15.1 Å². The molecule has 0 aromatic heterocycles. The second kappa shape index (κ2) is 10.4. The van der Waals surface area contributed by atoms with Crippen LogP contribution in [0.15, 0.2) is 72.8 Å². The van der Waals surface area contributed by atoms with Gasteiger partial charge in [-0.15, -0.1) is 0 Å². The first-order chi connectivity index (χ1) is 17.2. The van der Waals surface area contributed by atoms with Crippen molar-refractivity contribution in [2.24, 2.45) is 0 Å². The van der Waals surface area contributed by atoms with Crippen LogP contribution in [0.3, 0.4) is 0 Å². The lowest BCUT2D eigenvalue weighted by atomic mass is 10.1. The number of fused-ring (bicyclic) bond motifs is 1. The van der Waals surface area contributed by atoms with Gasteiger partial charge in [0.25, 0.3) is 11.7 Å². The van der Waals surface area contributed by atoms with Gasteiger partial charge in [0.15, 0.2) is 0 Å². The Hall–Kier alpha value is -4.53. The standard InChI is InChI=1S/C27H25FN4O4/c1-30(2)20-13-11-19(12-14-20)29-24(33)16-31(15-18-7-3-5-9-22(18)28)25(34)17-32-23-10-6-4-8-21(23)26(35)27(32)36/h3-14H,15-17H2,1-2H3,(H,29,33). The molecule has 0 unspecified atom stereocenters. The minimum absolute atomic E-state index is 0.184. The van der Waals surface area contributed by atoms with Crippen molar-refractivity contribution in [2.75, 3.05) is 42.3 Å². The lowest BCUT2D eigenvalue weighted by Gasteiger charge is -2.25. The van der Waals surface area contributed by atoms with Gasteiger partial charge in [0, 0.05) is 37.6 Å². The van der Waals surface area contributed by atoms with E-state index in [1.165, 1.54) is 29.2 Å². The number of nitrogens with one attached hydrogen (secondary N) is 1. The quantitative estimate of drug-likeness (QED) is 0.492. The lowest BCUT2D eigenvalue weighted by Crippen LogP contribution is -2.45. The van der Waals surface area contributed by atoms with Crippen molar-refractivity contribution >= 4 is 40.6 Å². The molecule has 36 heavy (non-hydrogen) atoms. The number of para-hydroxylation sites is 1. The van der Waals surface area contributed by atoms with Crippen molar-refractivity contribution < 1.29 is 23.6 Å². The number of nitrogens with zero attached hydrogens (tertiary/aromatic N) is 3. The monoisotopic (exact) mass is 488 g/mol. The summed E-state index contributed by atoms with van der Waals surface area (Å²) >= 11 is 0. The summed E-state index contributed by atoms with van der Waals surface area (Å²) in [4.78, 5) is 55.1. The zero-order valence-corrected chi connectivity index (χ0v) is 19.9. The Kier molecular flexibility index (Phi) is 7.10. The van der Waals surface area contributed by atoms with E-state index in [4.69, 9.17) is 0 Å². The summed E-state index contributed by atoms with van der Waals surface area (Å²) in [6, 6.07) is 19.5. The van der Waals surface area contributed by atoms with Crippen molar-refractivity contribution in [1.82, 2.24) is 4.90 Å². The van der Waals surface area contributed by atoms with E-state index in [0.717, 1.165) is 10.6 Å². The molecule has 1 heterocycles. The molecule has 184 valence electrons. The van der Waals surface area contributed by atoms with Gasteiger partial charge in [-0.3, -0.25) is 24.1 Å². The molecule has 0 bridgehead atoms. The predicted molar refractivity (Wildman–Crippen MR) is 134 cm³/mol. The number of carbonyl (C=O) groups excluding carboxylic acids is 4. The van der Waals surface area contributed by atoms with E-state index >= 15 is 0 Å². The van der Waals surface area contributed by atoms with Crippen LogP contribution < -0.4 is 15.1 Å². The van der Waals surface area contributed by atoms with Crippen LogP contribution in [0.4, 0.5) is 21.5 Å². The number of halogens is 1. The van der Waals surface area contributed by atoms with E-state index in [2.05, 4.69) is 5.32 Å². The maximum atomic E-state index is 14.4. The van der Waals surface area contributed by atoms with Crippen LogP contribution >= 0.6 is 0 Å². The van der Waals surface area contributed by atoms with E-state index in [0.29, 0.717) is 11.4 Å². The summed E-state index contributed by atoms with van der Waals surface area (Å²) in [5, 5.41) is 2.74. The lowest BCUT2D eigenvalue weighted by molar-refractivity contribution is -0.134. The molecule has 3 amide bonds. The molecule has 1 aliphatic heterocycles. The number of ketones is 1. The molecular weight excluding hydrogens is 463 g/mol. The van der Waals surface area contributed by atoms with Crippen LogP contribution in [0.1, 0.15) is 15.9 Å². The molecule has 1 aliphatic rings. The van der Waals surface area contributed by atoms with Gasteiger partial charge in [-0.05, 0) is 42.5 Å². The number of amides is 3. The summed E-state index contributed by atoms with van der Waals surface area (Å²) < 4.78 is 14.4. The van der Waals surface area contributed by atoms with Crippen LogP contribution in [0.5, 0.6) is 0 Å². The average molecular weight is 489 g/mol. The predicted octanol–water partition coefficient (Wildman–Crippen LogP) is 3.09. The summed E-state index contributed by atoms with van der Waals surface area (Å²) in [5.74, 6) is -3.12. The smallest absolute Gasteiger partial charge is 0.299 e. The molecule has 0 spiro atoms. The fourth-order valence-electron chi connectivity index (χ4n) is 3.92.